The first kappa shape index (κ1) is 56.0. The SMILES string of the molecule is CCO.CCO.CCO.CCO.[Cl-].c1ccc(-c2cc3ccccc3c3c2NP2(=[NH+]c4c(-c5ccccc5)cc5ccccc5c4-3)Nc3ccc4ccccc4c3-c3c(ccc4ccccc34)N2)cc1.c1ccccc1. The van der Waals surface area contributed by atoms with E-state index in [1.807, 2.05) is 36.4 Å². The summed E-state index contributed by atoms with van der Waals surface area (Å²) in [6.45, 7) is 7.72. The van der Waals surface area contributed by atoms with Gasteiger partial charge in [0.2, 0.25) is 5.69 Å². The molecule has 0 radical (unpaired) electrons. The molecule has 2 aliphatic heterocycles. The molecule has 0 unspecified atom stereocenters. The van der Waals surface area contributed by atoms with E-state index in [4.69, 9.17) is 20.4 Å². The summed E-state index contributed by atoms with van der Waals surface area (Å²) in [4.78, 5) is 0. The molecule has 0 saturated heterocycles. The van der Waals surface area contributed by atoms with Crippen molar-refractivity contribution in [3.05, 3.63) is 231 Å². The van der Waals surface area contributed by atoms with Gasteiger partial charge in [0.15, 0.2) is 0 Å². The molecule has 2 aliphatic rings. The molecule has 0 saturated carbocycles. The summed E-state index contributed by atoms with van der Waals surface area (Å²) < 4.78 is 4.32. The minimum Gasteiger partial charge on any atom is -1.00 e. The van der Waals surface area contributed by atoms with Crippen LogP contribution in [0.3, 0.4) is 0 Å². The van der Waals surface area contributed by atoms with Gasteiger partial charge in [-0.2, -0.15) is 4.74 Å². The minimum atomic E-state index is -2.91. The van der Waals surface area contributed by atoms with Gasteiger partial charge in [0.25, 0.3) is 0 Å². The lowest BCUT2D eigenvalue weighted by atomic mass is 9.85. The summed E-state index contributed by atoms with van der Waals surface area (Å²) in [5, 5.41) is 52.7. The molecule has 2 heterocycles. The topological polar surface area (TPSA) is 131 Å². The van der Waals surface area contributed by atoms with Gasteiger partial charge < -0.3 is 32.8 Å². The third kappa shape index (κ3) is 12.2. The highest BCUT2D eigenvalue weighted by atomic mass is 35.5. The van der Waals surface area contributed by atoms with Crippen LogP contribution in [0.25, 0.3) is 87.6 Å². The normalized spacial score (nSPS) is 11.8. The van der Waals surface area contributed by atoms with E-state index in [0.29, 0.717) is 0 Å². The number of nitrogens with one attached hydrogen (secondary N) is 4. The van der Waals surface area contributed by atoms with E-state index in [0.717, 1.165) is 45.0 Å². The van der Waals surface area contributed by atoms with Crippen molar-refractivity contribution in [1.29, 1.82) is 0 Å². The molecule has 0 aliphatic carbocycles. The van der Waals surface area contributed by atoms with Gasteiger partial charge in [-0.15, -0.1) is 0 Å². The Bertz CT molecular complexity index is 3580. The summed E-state index contributed by atoms with van der Waals surface area (Å²) in [5.74, 6) is 0. The van der Waals surface area contributed by atoms with Crippen LogP contribution in [0, 0.1) is 0 Å². The highest BCUT2D eigenvalue weighted by molar-refractivity contribution is 7.68. The van der Waals surface area contributed by atoms with Gasteiger partial charge >= 0.3 is 7.51 Å². The Morgan fingerprint density at radius 3 is 1.08 bits per heavy atom. The minimum absolute atomic E-state index is 0. The van der Waals surface area contributed by atoms with Gasteiger partial charge in [-0.25, -0.2) is 0 Å². The van der Waals surface area contributed by atoms with Gasteiger partial charge in [0, 0.05) is 48.7 Å². The second-order valence-electron chi connectivity index (χ2n) is 17.5. The molecule has 11 aromatic carbocycles. The van der Waals surface area contributed by atoms with Crippen molar-refractivity contribution in [3.63, 3.8) is 0 Å². The number of hydrogen-bond donors (Lipinski definition) is 8. The van der Waals surface area contributed by atoms with E-state index in [1.54, 1.807) is 27.7 Å². The number of halogens is 1. The third-order valence-electron chi connectivity index (χ3n) is 12.4. The molecule has 386 valence electrons. The predicted molar refractivity (Wildman–Crippen MR) is 321 cm³/mol. The number of hydrogen-bond acceptors (Lipinski definition) is 7. The van der Waals surface area contributed by atoms with Crippen LogP contribution in [0.1, 0.15) is 27.7 Å². The molecule has 0 amide bonds. The maximum absolute atomic E-state index is 7.57. The smallest absolute Gasteiger partial charge is 0.386 e. The summed E-state index contributed by atoms with van der Waals surface area (Å²) in [7, 11) is -2.91. The lowest BCUT2D eigenvalue weighted by Gasteiger charge is -2.25. The predicted octanol–water partition coefficient (Wildman–Crippen LogP) is 12.3. The fraction of sp³-hybridized carbons (Fsp3) is 0.121. The van der Waals surface area contributed by atoms with Crippen LogP contribution in [0.4, 0.5) is 22.7 Å². The molecular formula is C66H66ClN4O4P. The van der Waals surface area contributed by atoms with Crippen molar-refractivity contribution in [1.82, 2.24) is 0 Å². The Balaban J connectivity index is 0.000000387. The molecule has 8 N–H and O–H groups in total. The van der Waals surface area contributed by atoms with E-state index in [2.05, 4.69) is 214 Å². The highest BCUT2D eigenvalue weighted by Gasteiger charge is 2.40. The van der Waals surface area contributed by atoms with E-state index in [1.165, 1.54) is 65.3 Å². The molecule has 0 bridgehead atoms. The largest absolute Gasteiger partial charge is 1.00 e. The van der Waals surface area contributed by atoms with E-state index in [9.17, 15) is 0 Å². The molecule has 0 aromatic heterocycles. The maximum Gasteiger partial charge on any atom is 0.386 e. The van der Waals surface area contributed by atoms with Crippen molar-refractivity contribution in [2.45, 2.75) is 27.7 Å². The summed E-state index contributed by atoms with van der Waals surface area (Å²) in [5.41, 5.74) is 13.7. The molecule has 0 fully saturated rings. The molecule has 8 nitrogen and oxygen atoms in total. The molecule has 76 heavy (non-hydrogen) atoms. The van der Waals surface area contributed by atoms with E-state index < -0.39 is 7.51 Å². The lowest BCUT2D eigenvalue weighted by molar-refractivity contribution is -0.327. The van der Waals surface area contributed by atoms with Crippen LogP contribution < -0.4 is 32.4 Å². The van der Waals surface area contributed by atoms with Crippen LogP contribution in [-0.4, -0.2) is 46.9 Å². The Labute approximate surface area is 453 Å². The van der Waals surface area contributed by atoms with Gasteiger partial charge in [0.1, 0.15) is 0 Å². The Hall–Kier alpha value is -7.78. The summed E-state index contributed by atoms with van der Waals surface area (Å²) in [6, 6.07) is 82.6. The monoisotopic (exact) mass is 1040 g/mol. The zero-order chi connectivity index (χ0) is 52.6. The number of fused-ring (bicyclic) bond motifs is 14. The van der Waals surface area contributed by atoms with Gasteiger partial charge in [-0.05, 0) is 106 Å². The fourth-order valence-electron chi connectivity index (χ4n) is 9.65. The van der Waals surface area contributed by atoms with Crippen molar-refractivity contribution < 1.29 is 37.6 Å². The lowest BCUT2D eigenvalue weighted by Crippen LogP contribution is -3.00. The number of anilines is 3. The van der Waals surface area contributed by atoms with E-state index in [-0.39, 0.29) is 38.8 Å². The number of benzene rings is 11. The van der Waals surface area contributed by atoms with E-state index >= 15 is 0 Å². The molecule has 11 aromatic rings. The second-order valence-corrected chi connectivity index (χ2v) is 19.7. The quantitative estimate of drug-likeness (QED) is 0.0809. The molecular weight excluding hydrogens is 979 g/mol. The van der Waals surface area contributed by atoms with Crippen molar-refractivity contribution in [2.24, 2.45) is 0 Å². The average molecular weight is 1050 g/mol. The molecule has 13 rings (SSSR count). The number of aliphatic hydroxyl groups is 4. The summed E-state index contributed by atoms with van der Waals surface area (Å²) >= 11 is 0. The zero-order valence-electron chi connectivity index (χ0n) is 43.4. The van der Waals surface area contributed by atoms with Crippen molar-refractivity contribution in [3.8, 4) is 44.5 Å². The van der Waals surface area contributed by atoms with Gasteiger partial charge in [-0.1, -0.05) is 206 Å². The third-order valence-corrected chi connectivity index (χ3v) is 14.7. The first-order chi connectivity index (χ1) is 36.9. The Morgan fingerprint density at radius 1 is 0.342 bits per heavy atom. The Kier molecular flexibility index (Phi) is 20.0. The first-order valence-corrected chi connectivity index (χ1v) is 27.4. The van der Waals surface area contributed by atoms with Crippen molar-refractivity contribution in [2.75, 3.05) is 41.7 Å². The van der Waals surface area contributed by atoms with Crippen LogP contribution >= 0.6 is 7.51 Å². The Morgan fingerprint density at radius 2 is 0.658 bits per heavy atom. The van der Waals surface area contributed by atoms with Gasteiger partial charge in [-0.3, -0.25) is 15.3 Å². The van der Waals surface area contributed by atoms with Gasteiger partial charge in [0.05, 0.1) is 28.2 Å². The van der Waals surface area contributed by atoms with Crippen molar-refractivity contribution >= 4 is 73.3 Å². The zero-order valence-corrected chi connectivity index (χ0v) is 45.0. The van der Waals surface area contributed by atoms with Crippen LogP contribution in [-0.2, 0) is 0 Å². The highest BCUT2D eigenvalue weighted by Crippen LogP contribution is 2.59. The standard InChI is InChI=1S/C52H35N4P.C6H6.4C2H6O.ClH/c1-3-15-33(16-4-1)43-31-37-21-9-13-25-41(37)49-50-42-26-14-10-22-38(42)32-44(34-17-5-2-6-18-34)52(50)56-57(55-51(43)49)53-45-29-27-35-19-7-11-23-39(35)47(45)48-40-24-12-8-20-36(40)28-30-46(48)54-57;1-2-4-6-5-3-1;4*1-2-3;/h1-32H,(H3,53,54,55,56);1-6H;4*3H,2H2,1H3;1H. The average Bonchev–Trinajstić information content (AvgIpc) is 3.76. The second kappa shape index (κ2) is 27.1. The van der Waals surface area contributed by atoms with Crippen LogP contribution in [0.2, 0.25) is 0 Å². The van der Waals surface area contributed by atoms with Crippen LogP contribution in [0.15, 0.2) is 231 Å². The fourth-order valence-corrected chi connectivity index (χ4v) is 12.2. The number of rotatable bonds is 2. The summed E-state index contributed by atoms with van der Waals surface area (Å²) in [6.07, 6.45) is 0. The maximum atomic E-state index is 7.57. The molecule has 10 heteroatoms. The van der Waals surface area contributed by atoms with Crippen LogP contribution in [0.5, 0.6) is 0 Å². The molecule has 1 spiro atoms. The molecule has 0 atom stereocenters. The number of aliphatic hydroxyl groups excluding tert-OH is 4. The first-order valence-electron chi connectivity index (χ1n) is 25.6.